The van der Waals surface area contributed by atoms with Gasteiger partial charge in [-0.15, -0.1) is 0 Å². The molecule has 0 saturated carbocycles. The van der Waals surface area contributed by atoms with E-state index in [9.17, 15) is 17.7 Å². The Hall–Kier alpha value is -1.04. The zero-order valence-corrected chi connectivity index (χ0v) is 7.34. The van der Waals surface area contributed by atoms with Crippen molar-refractivity contribution in [3.05, 3.63) is 29.6 Å². The Kier molecular flexibility index (Phi) is 2.84. The van der Waals surface area contributed by atoms with Crippen molar-refractivity contribution in [1.82, 2.24) is 0 Å². The minimum atomic E-state index is -5.06. The van der Waals surface area contributed by atoms with Crippen molar-refractivity contribution in [1.29, 1.82) is 0 Å². The summed E-state index contributed by atoms with van der Waals surface area (Å²) in [6.07, 6.45) is 0. The van der Waals surface area contributed by atoms with Crippen LogP contribution in [0.25, 0.3) is 0 Å². The number of halogens is 3. The molecule has 0 aliphatic rings. The zero-order chi connectivity index (χ0) is 10.9. The topological polar surface area (TPSA) is 66.8 Å². The Balaban J connectivity index is 3.15. The number of phosphoric ester groups is 1. The quantitative estimate of drug-likeness (QED) is 0.754. The van der Waals surface area contributed by atoms with Crippen LogP contribution in [0.2, 0.25) is 0 Å². The Morgan fingerprint density at radius 1 is 1.14 bits per heavy atom. The van der Waals surface area contributed by atoms with Gasteiger partial charge in [0.15, 0.2) is 11.6 Å². The smallest absolute Gasteiger partial charge is 0.398 e. The summed E-state index contributed by atoms with van der Waals surface area (Å²) in [5, 5.41) is 0. The first-order valence-corrected chi connectivity index (χ1v) is 4.72. The van der Waals surface area contributed by atoms with E-state index in [0.717, 1.165) is 0 Å². The normalized spacial score (nSPS) is 11.5. The van der Waals surface area contributed by atoms with E-state index >= 15 is 0 Å². The molecule has 1 aromatic carbocycles. The first-order valence-electron chi connectivity index (χ1n) is 3.19. The van der Waals surface area contributed by atoms with Gasteiger partial charge in [0.2, 0.25) is 5.75 Å². The maximum absolute atomic E-state index is 12.7. The molecule has 0 fully saturated rings. The highest BCUT2D eigenvalue weighted by molar-refractivity contribution is 7.46. The molecule has 0 bridgehead atoms. The van der Waals surface area contributed by atoms with E-state index in [-0.39, 0.29) is 12.1 Å². The van der Waals surface area contributed by atoms with Crippen molar-refractivity contribution in [2.24, 2.45) is 0 Å². The van der Waals surface area contributed by atoms with Gasteiger partial charge >= 0.3 is 7.82 Å². The van der Waals surface area contributed by atoms with Crippen molar-refractivity contribution < 1.29 is 32.0 Å². The van der Waals surface area contributed by atoms with Gasteiger partial charge < -0.3 is 4.52 Å². The molecule has 2 N–H and O–H groups in total. The van der Waals surface area contributed by atoms with Crippen molar-refractivity contribution in [2.45, 2.75) is 0 Å². The molecule has 4 nitrogen and oxygen atoms in total. The first-order chi connectivity index (χ1) is 6.29. The van der Waals surface area contributed by atoms with Gasteiger partial charge in [-0.3, -0.25) is 9.79 Å². The van der Waals surface area contributed by atoms with E-state index in [0.29, 0.717) is 0 Å². The van der Waals surface area contributed by atoms with Gasteiger partial charge in [0.05, 0.1) is 0 Å². The van der Waals surface area contributed by atoms with E-state index < -0.39 is 31.0 Å². The molecule has 0 aliphatic carbocycles. The summed E-state index contributed by atoms with van der Waals surface area (Å²) in [7, 11) is -5.06. The van der Waals surface area contributed by atoms with Crippen LogP contribution < -0.4 is 4.52 Å². The SMILES string of the molecule is O=P(O)(O)Oc1c(F)cc(F)cc1F. The fraction of sp³-hybridized carbons (Fsp3) is 0. The van der Waals surface area contributed by atoms with Crippen LogP contribution in [-0.2, 0) is 4.57 Å². The van der Waals surface area contributed by atoms with E-state index in [2.05, 4.69) is 4.52 Å². The molecule has 0 spiro atoms. The van der Waals surface area contributed by atoms with Crippen LogP contribution in [0, 0.1) is 17.5 Å². The highest BCUT2D eigenvalue weighted by Gasteiger charge is 2.22. The van der Waals surface area contributed by atoms with Crippen molar-refractivity contribution in [2.75, 3.05) is 0 Å². The lowest BCUT2D eigenvalue weighted by Crippen LogP contribution is -1.97. The Morgan fingerprint density at radius 2 is 1.57 bits per heavy atom. The number of hydrogen-bond donors (Lipinski definition) is 2. The molecule has 1 rings (SSSR count). The number of rotatable bonds is 2. The summed E-state index contributed by atoms with van der Waals surface area (Å²) < 4.78 is 51.6. The third kappa shape index (κ3) is 2.73. The Bertz CT molecular complexity index is 379. The minimum Gasteiger partial charge on any atom is -0.398 e. The van der Waals surface area contributed by atoms with Crippen molar-refractivity contribution in [3.8, 4) is 5.75 Å². The fourth-order valence-corrected chi connectivity index (χ4v) is 1.15. The molecular formula is C6H4F3O4P. The molecular weight excluding hydrogens is 224 g/mol. The predicted molar refractivity (Wildman–Crippen MR) is 39.0 cm³/mol. The van der Waals surface area contributed by atoms with Crippen molar-refractivity contribution in [3.63, 3.8) is 0 Å². The number of benzene rings is 1. The van der Waals surface area contributed by atoms with Gasteiger partial charge in [-0.25, -0.2) is 17.7 Å². The lowest BCUT2D eigenvalue weighted by Gasteiger charge is -2.08. The van der Waals surface area contributed by atoms with Crippen LogP contribution in [0.3, 0.4) is 0 Å². The van der Waals surface area contributed by atoms with Crippen LogP contribution in [0.1, 0.15) is 0 Å². The van der Waals surface area contributed by atoms with Gasteiger partial charge in [0.25, 0.3) is 0 Å². The monoisotopic (exact) mass is 228 g/mol. The van der Waals surface area contributed by atoms with Crippen LogP contribution in [0.5, 0.6) is 5.75 Å². The lowest BCUT2D eigenvalue weighted by atomic mass is 10.3. The van der Waals surface area contributed by atoms with E-state index in [1.807, 2.05) is 0 Å². The summed E-state index contributed by atoms with van der Waals surface area (Å²) in [6.45, 7) is 0. The average molecular weight is 228 g/mol. The summed E-state index contributed by atoms with van der Waals surface area (Å²) in [5.74, 6) is -5.56. The largest absolute Gasteiger partial charge is 0.525 e. The van der Waals surface area contributed by atoms with Gasteiger partial charge in [0, 0.05) is 12.1 Å². The van der Waals surface area contributed by atoms with E-state index in [1.165, 1.54) is 0 Å². The molecule has 0 aromatic heterocycles. The molecule has 0 radical (unpaired) electrons. The molecule has 0 amide bonds. The second kappa shape index (κ2) is 3.61. The third-order valence-electron chi connectivity index (χ3n) is 1.17. The van der Waals surface area contributed by atoms with Crippen LogP contribution in [0.15, 0.2) is 12.1 Å². The second-order valence-corrected chi connectivity index (χ2v) is 3.44. The van der Waals surface area contributed by atoms with E-state index in [4.69, 9.17) is 9.79 Å². The predicted octanol–water partition coefficient (Wildman–Crippen LogP) is 1.58. The molecule has 14 heavy (non-hydrogen) atoms. The molecule has 0 atom stereocenters. The zero-order valence-electron chi connectivity index (χ0n) is 6.45. The molecule has 0 saturated heterocycles. The number of phosphoric acid groups is 1. The van der Waals surface area contributed by atoms with E-state index in [1.54, 1.807) is 0 Å². The molecule has 0 heterocycles. The standard InChI is InChI=1S/C6H4F3O4P/c7-3-1-4(8)6(5(9)2-3)13-14(10,11)12/h1-2H,(H2,10,11,12). The van der Waals surface area contributed by atoms with Crippen LogP contribution in [0.4, 0.5) is 13.2 Å². The molecule has 0 unspecified atom stereocenters. The van der Waals surface area contributed by atoms with Gasteiger partial charge in [-0.2, -0.15) is 0 Å². The highest BCUT2D eigenvalue weighted by Crippen LogP contribution is 2.40. The lowest BCUT2D eigenvalue weighted by molar-refractivity contribution is 0.271. The third-order valence-corrected chi connectivity index (χ3v) is 1.59. The van der Waals surface area contributed by atoms with Crippen molar-refractivity contribution >= 4 is 7.82 Å². The van der Waals surface area contributed by atoms with Gasteiger partial charge in [-0.1, -0.05) is 0 Å². The maximum Gasteiger partial charge on any atom is 0.525 e. The highest BCUT2D eigenvalue weighted by atomic mass is 31.2. The number of hydrogen-bond acceptors (Lipinski definition) is 2. The van der Waals surface area contributed by atoms with Gasteiger partial charge in [0.1, 0.15) is 5.82 Å². The summed E-state index contributed by atoms with van der Waals surface area (Å²) in [6, 6.07) is 0.488. The summed E-state index contributed by atoms with van der Waals surface area (Å²) in [4.78, 5) is 16.5. The van der Waals surface area contributed by atoms with Crippen LogP contribution >= 0.6 is 7.82 Å². The maximum atomic E-state index is 12.7. The minimum absolute atomic E-state index is 0.244. The van der Waals surface area contributed by atoms with Gasteiger partial charge in [-0.05, 0) is 0 Å². The molecule has 1 aromatic rings. The molecule has 78 valence electrons. The van der Waals surface area contributed by atoms with Crippen LogP contribution in [-0.4, -0.2) is 9.79 Å². The second-order valence-electron chi connectivity index (χ2n) is 2.28. The Labute approximate surface area is 76.2 Å². The molecule has 8 heteroatoms. The first kappa shape index (κ1) is 11.0. The molecule has 0 aliphatic heterocycles. The summed E-state index contributed by atoms with van der Waals surface area (Å²) >= 11 is 0. The summed E-state index contributed by atoms with van der Waals surface area (Å²) in [5.41, 5.74) is 0. The Morgan fingerprint density at radius 3 is 1.93 bits per heavy atom. The average Bonchev–Trinajstić information content (AvgIpc) is 1.95. The fourth-order valence-electron chi connectivity index (χ4n) is 0.735.